The number of amides is 3. The van der Waals surface area contributed by atoms with Crippen molar-refractivity contribution < 1.29 is 27.5 Å². The van der Waals surface area contributed by atoms with E-state index in [9.17, 15) is 22.8 Å². The van der Waals surface area contributed by atoms with Crippen LogP contribution in [0.4, 0.5) is 18.0 Å². The number of rotatable bonds is 5. The molecule has 0 radical (unpaired) electrons. The van der Waals surface area contributed by atoms with E-state index < -0.39 is 35.1 Å². The van der Waals surface area contributed by atoms with Gasteiger partial charge >= 0.3 is 12.2 Å². The number of ether oxygens (including phenoxy) is 1. The summed E-state index contributed by atoms with van der Waals surface area (Å²) in [4.78, 5) is 23.0. The molecule has 9 heteroatoms. The number of hydrogen-bond donors (Lipinski definition) is 3. The van der Waals surface area contributed by atoms with E-state index in [0.29, 0.717) is 31.6 Å². The van der Waals surface area contributed by atoms with Crippen molar-refractivity contribution in [2.75, 3.05) is 19.8 Å². The van der Waals surface area contributed by atoms with E-state index in [0.717, 1.165) is 12.1 Å². The first kappa shape index (κ1) is 20.0. The predicted octanol–water partition coefficient (Wildman–Crippen LogP) is 1.93. The number of nitrogens with two attached hydrogens (primary N) is 1. The van der Waals surface area contributed by atoms with Gasteiger partial charge < -0.3 is 21.1 Å². The fourth-order valence-electron chi connectivity index (χ4n) is 3.04. The van der Waals surface area contributed by atoms with Crippen LogP contribution in [0.25, 0.3) is 0 Å². The van der Waals surface area contributed by atoms with Gasteiger partial charge in [0.25, 0.3) is 0 Å². The summed E-state index contributed by atoms with van der Waals surface area (Å²) in [5.74, 6) is -0.457. The molecule has 144 valence electrons. The Hall–Kier alpha value is -2.29. The predicted molar refractivity (Wildman–Crippen MR) is 88.4 cm³/mol. The molecule has 1 aromatic carbocycles. The standard InChI is InChI=1S/C17H22F3N3O3/c1-11(23-15(21)25)14(24)22-10-16(5-7-26-8-6-16)12-3-2-4-13(9-12)17(18,19)20/h2-4,9,11H,5-8,10H2,1H3,(H,22,24)(H3,21,23,25)/t11-/m0/s1. The molecule has 1 saturated heterocycles. The SMILES string of the molecule is C[C@H](NC(N)=O)C(=O)NCC1(c2cccc(C(F)(F)F)c2)CCOCC1. The average molecular weight is 373 g/mol. The van der Waals surface area contributed by atoms with E-state index in [1.165, 1.54) is 13.0 Å². The van der Waals surface area contributed by atoms with Gasteiger partial charge in [0.05, 0.1) is 5.56 Å². The van der Waals surface area contributed by atoms with Gasteiger partial charge in [-0.15, -0.1) is 0 Å². The molecule has 1 aliphatic rings. The first-order valence-electron chi connectivity index (χ1n) is 8.23. The average Bonchev–Trinajstić information content (AvgIpc) is 2.59. The maximum absolute atomic E-state index is 13.1. The molecule has 2 rings (SSSR count). The highest BCUT2D eigenvalue weighted by Gasteiger charge is 2.38. The Bertz CT molecular complexity index is 658. The summed E-state index contributed by atoms with van der Waals surface area (Å²) in [6.45, 7) is 2.39. The number of nitrogens with one attached hydrogen (secondary N) is 2. The van der Waals surface area contributed by atoms with Gasteiger partial charge in [0.1, 0.15) is 6.04 Å². The highest BCUT2D eigenvalue weighted by atomic mass is 19.4. The van der Waals surface area contributed by atoms with E-state index >= 15 is 0 Å². The monoisotopic (exact) mass is 373 g/mol. The third kappa shape index (κ3) is 4.87. The van der Waals surface area contributed by atoms with Gasteiger partial charge in [-0.3, -0.25) is 4.79 Å². The molecule has 3 amide bonds. The minimum Gasteiger partial charge on any atom is -0.381 e. The Labute approximate surface area is 149 Å². The third-order valence-corrected chi connectivity index (χ3v) is 4.61. The lowest BCUT2D eigenvalue weighted by Gasteiger charge is -2.38. The minimum atomic E-state index is -4.44. The number of urea groups is 1. The Balaban J connectivity index is 2.21. The van der Waals surface area contributed by atoms with Crippen LogP contribution in [0.3, 0.4) is 0 Å². The van der Waals surface area contributed by atoms with Crippen LogP contribution in [-0.2, 0) is 21.1 Å². The van der Waals surface area contributed by atoms with E-state index in [-0.39, 0.29) is 6.54 Å². The van der Waals surface area contributed by atoms with Crippen LogP contribution >= 0.6 is 0 Å². The Morgan fingerprint density at radius 1 is 1.31 bits per heavy atom. The molecule has 1 aromatic rings. The fourth-order valence-corrected chi connectivity index (χ4v) is 3.04. The van der Waals surface area contributed by atoms with Crippen molar-refractivity contribution in [3.63, 3.8) is 0 Å². The molecule has 1 atom stereocenters. The Kier molecular flexibility index (Phi) is 6.12. The number of primary amides is 1. The summed E-state index contributed by atoms with van der Waals surface area (Å²) in [7, 11) is 0. The molecule has 0 aromatic heterocycles. The molecule has 1 fully saturated rings. The lowest BCUT2D eigenvalue weighted by molar-refractivity contribution is -0.137. The van der Waals surface area contributed by atoms with Crippen LogP contribution in [0.2, 0.25) is 0 Å². The van der Waals surface area contributed by atoms with E-state index in [4.69, 9.17) is 10.5 Å². The van der Waals surface area contributed by atoms with Gasteiger partial charge in [-0.1, -0.05) is 18.2 Å². The van der Waals surface area contributed by atoms with Crippen molar-refractivity contribution in [3.8, 4) is 0 Å². The number of carbonyl (C=O) groups excluding carboxylic acids is 2. The molecule has 0 spiro atoms. The lowest BCUT2D eigenvalue weighted by atomic mass is 9.73. The zero-order valence-corrected chi connectivity index (χ0v) is 14.4. The molecule has 6 nitrogen and oxygen atoms in total. The highest BCUT2D eigenvalue weighted by Crippen LogP contribution is 2.37. The maximum Gasteiger partial charge on any atom is 0.416 e. The number of halogens is 3. The summed E-state index contributed by atoms with van der Waals surface area (Å²) in [5.41, 5.74) is 4.11. The van der Waals surface area contributed by atoms with Crippen molar-refractivity contribution in [1.29, 1.82) is 0 Å². The number of carbonyl (C=O) groups is 2. The fraction of sp³-hybridized carbons (Fsp3) is 0.529. The van der Waals surface area contributed by atoms with Crippen LogP contribution in [0.5, 0.6) is 0 Å². The van der Waals surface area contributed by atoms with Gasteiger partial charge in [-0.2, -0.15) is 13.2 Å². The van der Waals surface area contributed by atoms with E-state index in [2.05, 4.69) is 10.6 Å². The van der Waals surface area contributed by atoms with Gasteiger partial charge in [-0.25, -0.2) is 4.79 Å². The zero-order valence-electron chi connectivity index (χ0n) is 14.4. The second kappa shape index (κ2) is 7.94. The highest BCUT2D eigenvalue weighted by molar-refractivity contribution is 5.86. The van der Waals surface area contributed by atoms with Crippen LogP contribution in [0, 0.1) is 0 Å². The van der Waals surface area contributed by atoms with Crippen molar-refractivity contribution in [3.05, 3.63) is 35.4 Å². The first-order chi connectivity index (χ1) is 12.1. The quantitative estimate of drug-likeness (QED) is 0.736. The molecule has 26 heavy (non-hydrogen) atoms. The van der Waals surface area contributed by atoms with Crippen LogP contribution < -0.4 is 16.4 Å². The topological polar surface area (TPSA) is 93.5 Å². The van der Waals surface area contributed by atoms with Crippen molar-refractivity contribution in [2.45, 2.75) is 37.4 Å². The second-order valence-electron chi connectivity index (χ2n) is 6.42. The van der Waals surface area contributed by atoms with Gasteiger partial charge in [0.2, 0.25) is 5.91 Å². The summed E-state index contributed by atoms with van der Waals surface area (Å²) < 4.78 is 44.5. The van der Waals surface area contributed by atoms with Crippen LogP contribution in [-0.4, -0.2) is 37.7 Å². The molecular formula is C17H22F3N3O3. The molecule has 0 saturated carbocycles. The van der Waals surface area contributed by atoms with Gasteiger partial charge in [0, 0.05) is 25.2 Å². The first-order valence-corrected chi connectivity index (χ1v) is 8.23. The molecule has 1 heterocycles. The number of benzene rings is 1. The number of alkyl halides is 3. The van der Waals surface area contributed by atoms with Crippen molar-refractivity contribution >= 4 is 11.9 Å². The summed E-state index contributed by atoms with van der Waals surface area (Å²) in [6, 6.07) is 3.49. The van der Waals surface area contributed by atoms with Gasteiger partial charge in [-0.05, 0) is 31.4 Å². The van der Waals surface area contributed by atoms with Crippen molar-refractivity contribution in [2.24, 2.45) is 5.73 Å². The maximum atomic E-state index is 13.1. The molecule has 0 bridgehead atoms. The van der Waals surface area contributed by atoms with Crippen molar-refractivity contribution in [1.82, 2.24) is 10.6 Å². The summed E-state index contributed by atoms with van der Waals surface area (Å²) in [6.07, 6.45) is -3.48. The smallest absolute Gasteiger partial charge is 0.381 e. The Morgan fingerprint density at radius 3 is 2.54 bits per heavy atom. The van der Waals surface area contributed by atoms with Crippen LogP contribution in [0.15, 0.2) is 24.3 Å². The van der Waals surface area contributed by atoms with E-state index in [1.54, 1.807) is 6.07 Å². The molecular weight excluding hydrogens is 351 g/mol. The molecule has 0 aliphatic carbocycles. The van der Waals surface area contributed by atoms with Gasteiger partial charge in [0.15, 0.2) is 0 Å². The van der Waals surface area contributed by atoms with E-state index in [1.807, 2.05) is 0 Å². The largest absolute Gasteiger partial charge is 0.416 e. The molecule has 4 N–H and O–H groups in total. The summed E-state index contributed by atoms with van der Waals surface area (Å²) in [5, 5.41) is 4.97. The lowest BCUT2D eigenvalue weighted by Crippen LogP contribution is -2.51. The zero-order chi connectivity index (χ0) is 19.4. The normalized spacial score (nSPS) is 18.0. The molecule has 0 unspecified atom stereocenters. The minimum absolute atomic E-state index is 0.140. The second-order valence-corrected chi connectivity index (χ2v) is 6.42. The summed E-state index contributed by atoms with van der Waals surface area (Å²) >= 11 is 0. The third-order valence-electron chi connectivity index (χ3n) is 4.61. The Morgan fingerprint density at radius 2 is 1.96 bits per heavy atom. The molecule has 1 aliphatic heterocycles. The number of hydrogen-bond acceptors (Lipinski definition) is 3. The van der Waals surface area contributed by atoms with Crippen LogP contribution in [0.1, 0.15) is 30.9 Å².